The minimum Gasteiger partial charge on any atom is -0.378 e. The highest BCUT2D eigenvalue weighted by Crippen LogP contribution is 2.17. The van der Waals surface area contributed by atoms with Crippen molar-refractivity contribution >= 4 is 0 Å². The molecule has 90 valence electrons. The molecule has 1 saturated heterocycles. The van der Waals surface area contributed by atoms with E-state index in [1.165, 1.54) is 19.3 Å². The molecule has 1 atom stereocenters. The highest BCUT2D eigenvalue weighted by molar-refractivity contribution is 4.87. The van der Waals surface area contributed by atoms with Gasteiger partial charge < -0.3 is 9.30 Å². The normalized spacial score (nSPS) is 21.2. The van der Waals surface area contributed by atoms with Crippen LogP contribution in [0.3, 0.4) is 0 Å². The van der Waals surface area contributed by atoms with E-state index < -0.39 is 0 Å². The average Bonchev–Trinajstić information content (AvgIpc) is 2.76. The quantitative estimate of drug-likeness (QED) is 0.768. The summed E-state index contributed by atoms with van der Waals surface area (Å²) < 4.78 is 7.87. The Hall–Kier alpha value is -0.900. The molecule has 0 spiro atoms. The summed E-state index contributed by atoms with van der Waals surface area (Å²) in [6.45, 7) is 4.13. The Balaban J connectivity index is 1.81. The van der Waals surface area contributed by atoms with Gasteiger partial charge in [0.05, 0.1) is 6.10 Å². The van der Waals surface area contributed by atoms with Crippen LogP contribution in [0.5, 0.6) is 0 Å². The van der Waals surface area contributed by atoms with Crippen molar-refractivity contribution in [2.24, 2.45) is 0 Å². The lowest BCUT2D eigenvalue weighted by Gasteiger charge is -2.22. The van der Waals surface area contributed by atoms with Gasteiger partial charge in [0.1, 0.15) is 12.2 Å². The zero-order valence-electron chi connectivity index (χ0n) is 10.1. The summed E-state index contributed by atoms with van der Waals surface area (Å²) in [6.07, 6.45) is 9.23. The molecular weight excluding hydrogens is 202 g/mol. The highest BCUT2D eigenvalue weighted by Gasteiger charge is 2.15. The van der Waals surface area contributed by atoms with E-state index in [0.29, 0.717) is 6.10 Å². The number of ether oxygens (including phenoxy) is 1. The van der Waals surface area contributed by atoms with Crippen LogP contribution in [0.1, 0.15) is 44.9 Å². The minimum atomic E-state index is 0.445. The largest absolute Gasteiger partial charge is 0.378 e. The van der Waals surface area contributed by atoms with Crippen LogP contribution >= 0.6 is 0 Å². The van der Waals surface area contributed by atoms with E-state index in [1.807, 2.05) is 6.33 Å². The van der Waals surface area contributed by atoms with Gasteiger partial charge in [-0.1, -0.05) is 6.92 Å². The second kappa shape index (κ2) is 5.99. The predicted molar refractivity (Wildman–Crippen MR) is 62.2 cm³/mol. The molecule has 2 heterocycles. The third-order valence-corrected chi connectivity index (χ3v) is 3.12. The van der Waals surface area contributed by atoms with Gasteiger partial charge in [0.2, 0.25) is 0 Å². The fourth-order valence-electron chi connectivity index (χ4n) is 2.23. The fraction of sp³-hybridized carbons (Fsp3) is 0.833. The first-order chi connectivity index (χ1) is 7.90. The molecule has 2 rings (SSSR count). The van der Waals surface area contributed by atoms with E-state index in [1.54, 1.807) is 0 Å². The molecule has 0 amide bonds. The van der Waals surface area contributed by atoms with Crippen molar-refractivity contribution in [2.75, 3.05) is 6.61 Å². The first-order valence-corrected chi connectivity index (χ1v) is 6.38. The van der Waals surface area contributed by atoms with E-state index in [2.05, 4.69) is 21.7 Å². The van der Waals surface area contributed by atoms with Gasteiger partial charge in [-0.25, -0.2) is 0 Å². The van der Waals surface area contributed by atoms with Gasteiger partial charge in [-0.3, -0.25) is 0 Å². The molecule has 0 saturated carbocycles. The molecule has 0 aromatic carbocycles. The Labute approximate surface area is 97.0 Å². The first-order valence-electron chi connectivity index (χ1n) is 6.38. The number of nitrogens with zero attached hydrogens (tertiary/aromatic N) is 3. The molecule has 1 unspecified atom stereocenters. The number of hydrogen-bond donors (Lipinski definition) is 0. The number of hydrogen-bond acceptors (Lipinski definition) is 3. The van der Waals surface area contributed by atoms with Crippen molar-refractivity contribution in [1.29, 1.82) is 0 Å². The SMILES string of the molecule is CCCn1cnnc1CCC1CCCCO1. The van der Waals surface area contributed by atoms with Crippen molar-refractivity contribution in [3.05, 3.63) is 12.2 Å². The molecule has 0 bridgehead atoms. The highest BCUT2D eigenvalue weighted by atomic mass is 16.5. The molecule has 1 aromatic heterocycles. The van der Waals surface area contributed by atoms with Crippen molar-refractivity contribution in [3.63, 3.8) is 0 Å². The summed E-state index contributed by atoms with van der Waals surface area (Å²) in [5.41, 5.74) is 0. The van der Waals surface area contributed by atoms with Crippen molar-refractivity contribution < 1.29 is 4.74 Å². The Bertz CT molecular complexity index is 305. The van der Waals surface area contributed by atoms with Gasteiger partial charge in [-0.15, -0.1) is 10.2 Å². The van der Waals surface area contributed by atoms with Crippen LogP contribution in [0, 0.1) is 0 Å². The molecule has 16 heavy (non-hydrogen) atoms. The summed E-state index contributed by atoms with van der Waals surface area (Å²) in [6, 6.07) is 0. The van der Waals surface area contributed by atoms with Crippen LogP contribution in [-0.4, -0.2) is 27.5 Å². The van der Waals surface area contributed by atoms with E-state index in [0.717, 1.165) is 38.2 Å². The van der Waals surface area contributed by atoms with Gasteiger partial charge in [0.25, 0.3) is 0 Å². The van der Waals surface area contributed by atoms with Gasteiger partial charge >= 0.3 is 0 Å². The zero-order valence-corrected chi connectivity index (χ0v) is 10.1. The third-order valence-electron chi connectivity index (χ3n) is 3.12. The van der Waals surface area contributed by atoms with E-state index >= 15 is 0 Å². The van der Waals surface area contributed by atoms with E-state index in [-0.39, 0.29) is 0 Å². The van der Waals surface area contributed by atoms with Gasteiger partial charge in [0.15, 0.2) is 0 Å². The van der Waals surface area contributed by atoms with Crippen LogP contribution in [0.15, 0.2) is 6.33 Å². The monoisotopic (exact) mass is 223 g/mol. The molecule has 1 fully saturated rings. The smallest absolute Gasteiger partial charge is 0.132 e. The lowest BCUT2D eigenvalue weighted by Crippen LogP contribution is -2.20. The van der Waals surface area contributed by atoms with E-state index in [9.17, 15) is 0 Å². The van der Waals surface area contributed by atoms with Gasteiger partial charge in [0, 0.05) is 19.6 Å². The number of aromatic nitrogens is 3. The van der Waals surface area contributed by atoms with Crippen LogP contribution in [-0.2, 0) is 17.7 Å². The number of aryl methyl sites for hydroxylation is 2. The summed E-state index contributed by atoms with van der Waals surface area (Å²) in [7, 11) is 0. The predicted octanol–water partition coefficient (Wildman–Crippen LogP) is 2.19. The molecule has 1 aromatic rings. The fourth-order valence-corrected chi connectivity index (χ4v) is 2.23. The molecular formula is C12H21N3O. The Morgan fingerprint density at radius 1 is 1.50 bits per heavy atom. The zero-order chi connectivity index (χ0) is 11.2. The van der Waals surface area contributed by atoms with Gasteiger partial charge in [-0.05, 0) is 32.1 Å². The third kappa shape index (κ3) is 3.04. The van der Waals surface area contributed by atoms with Crippen molar-refractivity contribution in [1.82, 2.24) is 14.8 Å². The molecule has 4 nitrogen and oxygen atoms in total. The standard InChI is InChI=1S/C12H21N3O/c1-2-8-15-10-13-14-12(15)7-6-11-5-3-4-9-16-11/h10-11H,2-9H2,1H3. The minimum absolute atomic E-state index is 0.445. The van der Waals surface area contributed by atoms with Crippen LogP contribution in [0.2, 0.25) is 0 Å². The summed E-state index contributed by atoms with van der Waals surface area (Å²) in [5.74, 6) is 1.11. The molecule has 0 aliphatic carbocycles. The molecule has 4 heteroatoms. The second-order valence-electron chi connectivity index (χ2n) is 4.47. The maximum absolute atomic E-state index is 5.72. The first kappa shape index (κ1) is 11.6. The Morgan fingerprint density at radius 3 is 3.19 bits per heavy atom. The summed E-state index contributed by atoms with van der Waals surface area (Å²) in [5, 5.41) is 8.15. The summed E-state index contributed by atoms with van der Waals surface area (Å²) >= 11 is 0. The van der Waals surface area contributed by atoms with Crippen molar-refractivity contribution in [3.8, 4) is 0 Å². The Morgan fingerprint density at radius 2 is 2.44 bits per heavy atom. The Kier molecular flexibility index (Phi) is 4.34. The van der Waals surface area contributed by atoms with Crippen LogP contribution in [0.4, 0.5) is 0 Å². The second-order valence-corrected chi connectivity index (χ2v) is 4.47. The van der Waals surface area contributed by atoms with Crippen LogP contribution in [0.25, 0.3) is 0 Å². The molecule has 1 aliphatic heterocycles. The average molecular weight is 223 g/mol. The summed E-state index contributed by atoms with van der Waals surface area (Å²) in [4.78, 5) is 0. The maximum atomic E-state index is 5.72. The molecule has 0 radical (unpaired) electrons. The van der Waals surface area contributed by atoms with Crippen LogP contribution < -0.4 is 0 Å². The maximum Gasteiger partial charge on any atom is 0.132 e. The molecule has 0 N–H and O–H groups in total. The number of rotatable bonds is 5. The topological polar surface area (TPSA) is 39.9 Å². The van der Waals surface area contributed by atoms with Gasteiger partial charge in [-0.2, -0.15) is 0 Å². The van der Waals surface area contributed by atoms with E-state index in [4.69, 9.17) is 4.74 Å². The lowest BCUT2D eigenvalue weighted by atomic mass is 10.0. The molecule has 1 aliphatic rings. The lowest BCUT2D eigenvalue weighted by molar-refractivity contribution is 0.0111. The van der Waals surface area contributed by atoms with Crippen molar-refractivity contribution in [2.45, 2.75) is 58.1 Å².